The molecule has 0 unspecified atom stereocenters. The molecule has 2 N–H and O–H groups in total. The molecular formula is C6H8BrN3S. The lowest BCUT2D eigenvalue weighted by molar-refractivity contribution is 0.900. The summed E-state index contributed by atoms with van der Waals surface area (Å²) in [7, 11) is 0. The van der Waals surface area contributed by atoms with Gasteiger partial charge >= 0.3 is 0 Å². The van der Waals surface area contributed by atoms with Crippen LogP contribution in [0.15, 0.2) is 15.8 Å². The summed E-state index contributed by atoms with van der Waals surface area (Å²) in [6.07, 6.45) is 1.97. The van der Waals surface area contributed by atoms with Gasteiger partial charge in [-0.3, -0.25) is 0 Å². The van der Waals surface area contributed by atoms with E-state index in [1.807, 2.05) is 12.3 Å². The fourth-order valence-corrected chi connectivity index (χ4v) is 1.62. The molecule has 1 aromatic rings. The van der Waals surface area contributed by atoms with Crippen LogP contribution >= 0.6 is 27.7 Å². The molecule has 0 saturated heterocycles. The number of hydrogen-bond acceptors (Lipinski definition) is 4. The van der Waals surface area contributed by atoms with Crippen LogP contribution in [0.3, 0.4) is 0 Å². The van der Waals surface area contributed by atoms with Gasteiger partial charge in [-0.1, -0.05) is 0 Å². The van der Waals surface area contributed by atoms with Crippen LogP contribution in [-0.4, -0.2) is 16.2 Å². The van der Waals surface area contributed by atoms with Crippen LogP contribution in [0.25, 0.3) is 0 Å². The topological polar surface area (TPSA) is 51.8 Å². The molecule has 0 aromatic carbocycles. The van der Waals surface area contributed by atoms with Gasteiger partial charge in [-0.05, 0) is 28.3 Å². The lowest BCUT2D eigenvalue weighted by Crippen LogP contribution is -2.01. The first kappa shape index (κ1) is 8.96. The summed E-state index contributed by atoms with van der Waals surface area (Å²) < 4.78 is 0.602. The maximum Gasteiger partial charge on any atom is 0.197 e. The third kappa shape index (κ3) is 2.43. The van der Waals surface area contributed by atoms with Crippen molar-refractivity contribution < 1.29 is 0 Å². The predicted octanol–water partition coefficient (Wildman–Crippen LogP) is 1.42. The Hall–Kier alpha value is -0.130. The highest BCUT2D eigenvalue weighted by Gasteiger charge is 1.98. The molecule has 1 heterocycles. The summed E-state index contributed by atoms with van der Waals surface area (Å²) in [4.78, 5) is 8.18. The summed E-state index contributed by atoms with van der Waals surface area (Å²) >= 11 is 4.78. The number of nitrogens with two attached hydrogens (primary N) is 1. The maximum atomic E-state index is 5.42. The lowest BCUT2D eigenvalue weighted by Gasteiger charge is -1.99. The molecule has 11 heavy (non-hydrogen) atoms. The quantitative estimate of drug-likeness (QED) is 0.477. The van der Waals surface area contributed by atoms with Crippen molar-refractivity contribution in [3.63, 3.8) is 0 Å². The first-order valence-corrected chi connectivity index (χ1v) is 5.05. The van der Waals surface area contributed by atoms with Crippen LogP contribution < -0.4 is 5.73 Å². The number of hydrogen-bond donors (Lipinski definition) is 1. The number of thioether (sulfide) groups is 1. The molecule has 0 radical (unpaired) electrons. The van der Waals surface area contributed by atoms with Crippen LogP contribution in [0.2, 0.25) is 0 Å². The molecule has 0 fully saturated rings. The molecule has 0 aliphatic heterocycles. The third-order valence-corrected chi connectivity index (χ3v) is 2.13. The smallest absolute Gasteiger partial charge is 0.197 e. The van der Waals surface area contributed by atoms with Gasteiger partial charge in [0, 0.05) is 6.54 Å². The zero-order valence-electron chi connectivity index (χ0n) is 6.04. The molecule has 0 saturated carbocycles. The van der Waals surface area contributed by atoms with E-state index in [1.165, 1.54) is 0 Å². The van der Waals surface area contributed by atoms with E-state index < -0.39 is 0 Å². The monoisotopic (exact) mass is 233 g/mol. The minimum Gasteiger partial charge on any atom is -0.325 e. The first-order valence-electron chi connectivity index (χ1n) is 3.03. The molecule has 1 aromatic heterocycles. The standard InChI is InChI=1S/C6H8BrN3S/c1-11-5-2-4(3-8)9-6(7)10-5/h2H,3,8H2,1H3. The van der Waals surface area contributed by atoms with E-state index in [4.69, 9.17) is 5.73 Å². The van der Waals surface area contributed by atoms with Crippen molar-refractivity contribution in [2.24, 2.45) is 5.73 Å². The molecule has 0 aliphatic carbocycles. The van der Waals surface area contributed by atoms with Gasteiger partial charge in [0.05, 0.1) is 5.69 Å². The number of halogens is 1. The van der Waals surface area contributed by atoms with E-state index in [9.17, 15) is 0 Å². The Bertz CT molecular complexity index is 231. The average molecular weight is 234 g/mol. The van der Waals surface area contributed by atoms with E-state index in [-0.39, 0.29) is 0 Å². The van der Waals surface area contributed by atoms with Crippen molar-refractivity contribution >= 4 is 27.7 Å². The molecule has 0 aliphatic rings. The van der Waals surface area contributed by atoms with Crippen LogP contribution in [0.1, 0.15) is 5.69 Å². The average Bonchev–Trinajstić information content (AvgIpc) is 2.03. The van der Waals surface area contributed by atoms with E-state index in [0.29, 0.717) is 11.3 Å². The summed E-state index contributed by atoms with van der Waals surface area (Å²) in [5.41, 5.74) is 6.28. The van der Waals surface area contributed by atoms with Gasteiger partial charge in [0.25, 0.3) is 0 Å². The van der Waals surface area contributed by atoms with Gasteiger partial charge in [0.2, 0.25) is 0 Å². The second kappa shape index (κ2) is 4.04. The Morgan fingerprint density at radius 2 is 2.36 bits per heavy atom. The molecule has 60 valence electrons. The first-order chi connectivity index (χ1) is 5.26. The molecule has 3 nitrogen and oxygen atoms in total. The minimum absolute atomic E-state index is 0.453. The van der Waals surface area contributed by atoms with Crippen molar-refractivity contribution in [1.82, 2.24) is 9.97 Å². The highest BCUT2D eigenvalue weighted by Crippen LogP contribution is 2.14. The maximum absolute atomic E-state index is 5.42. The fraction of sp³-hybridized carbons (Fsp3) is 0.333. The van der Waals surface area contributed by atoms with Gasteiger partial charge < -0.3 is 5.73 Å². The van der Waals surface area contributed by atoms with Crippen molar-refractivity contribution in [3.8, 4) is 0 Å². The highest BCUT2D eigenvalue weighted by atomic mass is 79.9. The van der Waals surface area contributed by atoms with E-state index in [2.05, 4.69) is 25.9 Å². The SMILES string of the molecule is CSc1cc(CN)nc(Br)n1. The second-order valence-electron chi connectivity index (χ2n) is 1.87. The fourth-order valence-electron chi connectivity index (χ4n) is 0.651. The van der Waals surface area contributed by atoms with Crippen molar-refractivity contribution in [2.75, 3.05) is 6.26 Å². The predicted molar refractivity (Wildman–Crippen MR) is 49.4 cm³/mol. The zero-order valence-corrected chi connectivity index (χ0v) is 8.44. The number of aromatic nitrogens is 2. The molecule has 5 heteroatoms. The van der Waals surface area contributed by atoms with Crippen molar-refractivity contribution in [2.45, 2.75) is 11.6 Å². The van der Waals surface area contributed by atoms with E-state index >= 15 is 0 Å². The van der Waals surface area contributed by atoms with Gasteiger partial charge in [0.1, 0.15) is 5.03 Å². The molecule has 0 amide bonds. The Balaban J connectivity index is 3.02. The number of rotatable bonds is 2. The Morgan fingerprint density at radius 3 is 2.91 bits per heavy atom. The molecule has 0 atom stereocenters. The van der Waals surface area contributed by atoms with Crippen molar-refractivity contribution in [3.05, 3.63) is 16.5 Å². The summed E-state index contributed by atoms with van der Waals surface area (Å²) in [6, 6.07) is 1.88. The molecule has 0 spiro atoms. The summed E-state index contributed by atoms with van der Waals surface area (Å²) in [6.45, 7) is 0.453. The second-order valence-corrected chi connectivity index (χ2v) is 3.41. The number of nitrogens with zero attached hydrogens (tertiary/aromatic N) is 2. The van der Waals surface area contributed by atoms with Crippen molar-refractivity contribution in [1.29, 1.82) is 0 Å². The summed E-state index contributed by atoms with van der Waals surface area (Å²) in [5, 5.41) is 0.937. The molecular weight excluding hydrogens is 226 g/mol. The Morgan fingerprint density at radius 1 is 1.64 bits per heavy atom. The van der Waals surface area contributed by atoms with Gasteiger partial charge in [-0.25, -0.2) is 9.97 Å². The van der Waals surface area contributed by atoms with Crippen LogP contribution in [-0.2, 0) is 6.54 Å². The highest BCUT2D eigenvalue weighted by molar-refractivity contribution is 9.10. The Kier molecular flexibility index (Phi) is 3.29. The van der Waals surface area contributed by atoms with Gasteiger partial charge in [0.15, 0.2) is 4.73 Å². The Labute approximate surface area is 77.9 Å². The van der Waals surface area contributed by atoms with Gasteiger partial charge in [-0.2, -0.15) is 0 Å². The van der Waals surface area contributed by atoms with Crippen LogP contribution in [0, 0.1) is 0 Å². The summed E-state index contributed by atoms with van der Waals surface area (Å²) in [5.74, 6) is 0. The van der Waals surface area contributed by atoms with Crippen LogP contribution in [0.4, 0.5) is 0 Å². The van der Waals surface area contributed by atoms with Crippen LogP contribution in [0.5, 0.6) is 0 Å². The minimum atomic E-state index is 0.453. The van der Waals surface area contributed by atoms with Gasteiger partial charge in [-0.15, -0.1) is 11.8 Å². The zero-order chi connectivity index (χ0) is 8.27. The largest absolute Gasteiger partial charge is 0.325 e. The molecule has 0 bridgehead atoms. The third-order valence-electron chi connectivity index (χ3n) is 1.15. The van der Waals surface area contributed by atoms with E-state index in [1.54, 1.807) is 11.8 Å². The van der Waals surface area contributed by atoms with E-state index in [0.717, 1.165) is 10.7 Å². The molecule has 1 rings (SSSR count). The lowest BCUT2D eigenvalue weighted by atomic mass is 10.4. The normalized spacial score (nSPS) is 10.1.